The van der Waals surface area contributed by atoms with Crippen LogP contribution in [-0.4, -0.2) is 15.0 Å². The van der Waals surface area contributed by atoms with Crippen LogP contribution in [0.25, 0.3) is 16.7 Å². The normalized spacial score (nSPS) is 11.0. The maximum atomic E-state index is 6.21. The third-order valence-corrected chi connectivity index (χ3v) is 3.73. The van der Waals surface area contributed by atoms with Gasteiger partial charge in [-0.1, -0.05) is 50.9 Å². The van der Waals surface area contributed by atoms with Gasteiger partial charge in [0.05, 0.1) is 11.2 Å². The van der Waals surface area contributed by atoms with E-state index in [-0.39, 0.29) is 0 Å². The highest BCUT2D eigenvalue weighted by Gasteiger charge is 2.07. The molecular weight excluding hydrogens is 314 g/mol. The van der Waals surface area contributed by atoms with Crippen LogP contribution in [0.3, 0.4) is 0 Å². The molecule has 0 saturated carbocycles. The molecule has 1 aromatic heterocycles. The monoisotopic (exact) mass is 321 g/mol. The Balaban J connectivity index is 2.17. The van der Waals surface area contributed by atoms with Crippen LogP contribution in [0.2, 0.25) is 5.02 Å². The average molecular weight is 323 g/mol. The Labute approximate surface area is 118 Å². The van der Waals surface area contributed by atoms with E-state index in [1.54, 1.807) is 4.68 Å². The van der Waals surface area contributed by atoms with Crippen molar-refractivity contribution in [2.24, 2.45) is 0 Å². The van der Waals surface area contributed by atoms with Crippen molar-refractivity contribution in [3.63, 3.8) is 0 Å². The molecule has 0 atom stereocenters. The zero-order chi connectivity index (χ0) is 12.5. The van der Waals surface area contributed by atoms with Crippen molar-refractivity contribution < 1.29 is 0 Å². The van der Waals surface area contributed by atoms with Gasteiger partial charge in [-0.3, -0.25) is 0 Å². The molecule has 0 aliphatic heterocycles. The van der Waals surface area contributed by atoms with Crippen LogP contribution in [0.4, 0.5) is 0 Å². The van der Waals surface area contributed by atoms with Gasteiger partial charge in [-0.2, -0.15) is 0 Å². The Morgan fingerprint density at radius 3 is 2.78 bits per heavy atom. The lowest BCUT2D eigenvalue weighted by molar-refractivity contribution is 0.823. The van der Waals surface area contributed by atoms with Crippen LogP contribution in [0.15, 0.2) is 42.5 Å². The zero-order valence-corrected chi connectivity index (χ0v) is 11.7. The van der Waals surface area contributed by atoms with Gasteiger partial charge < -0.3 is 0 Å². The molecule has 0 aliphatic carbocycles. The summed E-state index contributed by atoms with van der Waals surface area (Å²) in [5.74, 6) is 0. The van der Waals surface area contributed by atoms with Crippen LogP contribution in [0.1, 0.15) is 5.56 Å². The maximum Gasteiger partial charge on any atom is 0.113 e. The highest BCUT2D eigenvalue weighted by Crippen LogP contribution is 2.23. The first-order chi connectivity index (χ1) is 8.79. The number of para-hydroxylation sites is 1. The van der Waals surface area contributed by atoms with Gasteiger partial charge in [0, 0.05) is 10.4 Å². The number of fused-ring (bicyclic) bond motifs is 1. The summed E-state index contributed by atoms with van der Waals surface area (Å²) in [6.45, 7) is 0. The molecule has 0 saturated heterocycles. The van der Waals surface area contributed by atoms with E-state index in [0.29, 0.717) is 0 Å². The predicted molar refractivity (Wildman–Crippen MR) is 76.5 cm³/mol. The Morgan fingerprint density at radius 1 is 1.17 bits per heavy atom. The minimum atomic E-state index is 0.726. The van der Waals surface area contributed by atoms with Crippen LogP contribution in [-0.2, 0) is 5.33 Å². The number of halogens is 2. The van der Waals surface area contributed by atoms with Crippen molar-refractivity contribution in [3.8, 4) is 5.69 Å². The molecule has 0 amide bonds. The topological polar surface area (TPSA) is 30.7 Å². The highest BCUT2D eigenvalue weighted by molar-refractivity contribution is 9.08. The van der Waals surface area contributed by atoms with Gasteiger partial charge >= 0.3 is 0 Å². The van der Waals surface area contributed by atoms with E-state index in [1.165, 1.54) is 0 Å². The predicted octanol–water partition coefficient (Wildman–Crippen LogP) is 3.97. The second kappa shape index (κ2) is 4.71. The van der Waals surface area contributed by atoms with Crippen molar-refractivity contribution in [2.45, 2.75) is 5.33 Å². The van der Waals surface area contributed by atoms with Gasteiger partial charge in [-0.25, -0.2) is 4.68 Å². The molecule has 2 aromatic carbocycles. The quantitative estimate of drug-likeness (QED) is 0.668. The molecule has 3 aromatic rings. The van der Waals surface area contributed by atoms with E-state index in [2.05, 4.69) is 26.2 Å². The SMILES string of the molecule is Clc1cc(-n2nnc3ccccc32)ccc1CBr. The van der Waals surface area contributed by atoms with Crippen molar-refractivity contribution in [1.82, 2.24) is 15.0 Å². The highest BCUT2D eigenvalue weighted by atomic mass is 79.9. The van der Waals surface area contributed by atoms with Crippen LogP contribution in [0.5, 0.6) is 0 Å². The van der Waals surface area contributed by atoms with E-state index < -0.39 is 0 Å². The molecule has 3 rings (SSSR count). The second-order valence-corrected chi connectivity index (χ2v) is 4.87. The van der Waals surface area contributed by atoms with Crippen molar-refractivity contribution in [3.05, 3.63) is 53.1 Å². The third kappa shape index (κ3) is 1.91. The molecule has 0 spiro atoms. The first-order valence-electron chi connectivity index (χ1n) is 5.45. The Hall–Kier alpha value is -1.39. The van der Waals surface area contributed by atoms with E-state index >= 15 is 0 Å². The summed E-state index contributed by atoms with van der Waals surface area (Å²) in [5, 5.41) is 9.75. The lowest BCUT2D eigenvalue weighted by atomic mass is 10.2. The molecule has 3 nitrogen and oxygen atoms in total. The number of aromatic nitrogens is 3. The Kier molecular flexibility index (Phi) is 3.06. The van der Waals surface area contributed by atoms with Crippen molar-refractivity contribution in [2.75, 3.05) is 0 Å². The standard InChI is InChI=1S/C13H9BrClN3/c14-8-9-5-6-10(7-11(9)15)18-13-4-2-1-3-12(13)16-17-18/h1-7H,8H2. The number of hydrogen-bond acceptors (Lipinski definition) is 2. The molecule has 0 fully saturated rings. The van der Waals surface area contributed by atoms with Crippen LogP contribution >= 0.6 is 27.5 Å². The van der Waals surface area contributed by atoms with Crippen LogP contribution < -0.4 is 0 Å². The van der Waals surface area contributed by atoms with Gasteiger partial charge in [0.15, 0.2) is 0 Å². The lowest BCUT2D eigenvalue weighted by Crippen LogP contribution is -1.97. The zero-order valence-electron chi connectivity index (χ0n) is 9.35. The summed E-state index contributed by atoms with van der Waals surface area (Å²) in [7, 11) is 0. The molecule has 90 valence electrons. The van der Waals surface area contributed by atoms with E-state index in [4.69, 9.17) is 11.6 Å². The van der Waals surface area contributed by atoms with Crippen molar-refractivity contribution in [1.29, 1.82) is 0 Å². The smallest absolute Gasteiger partial charge is 0.113 e. The van der Waals surface area contributed by atoms with Crippen LogP contribution in [0, 0.1) is 0 Å². The summed E-state index contributed by atoms with van der Waals surface area (Å²) in [4.78, 5) is 0. The molecule has 0 radical (unpaired) electrons. The average Bonchev–Trinajstić information content (AvgIpc) is 2.82. The van der Waals surface area contributed by atoms with Gasteiger partial charge in [0.2, 0.25) is 0 Å². The maximum absolute atomic E-state index is 6.21. The van der Waals surface area contributed by atoms with E-state index in [0.717, 1.165) is 32.6 Å². The Morgan fingerprint density at radius 2 is 2.00 bits per heavy atom. The van der Waals surface area contributed by atoms with Gasteiger partial charge in [-0.05, 0) is 29.8 Å². The fourth-order valence-corrected chi connectivity index (χ4v) is 2.73. The summed E-state index contributed by atoms with van der Waals surface area (Å²) >= 11 is 9.61. The molecule has 0 aliphatic rings. The number of benzene rings is 2. The molecular formula is C13H9BrClN3. The molecule has 0 N–H and O–H groups in total. The second-order valence-electron chi connectivity index (χ2n) is 3.90. The number of rotatable bonds is 2. The van der Waals surface area contributed by atoms with Gasteiger partial charge in [0.1, 0.15) is 5.52 Å². The third-order valence-electron chi connectivity index (χ3n) is 2.78. The van der Waals surface area contributed by atoms with Gasteiger partial charge in [-0.15, -0.1) is 5.10 Å². The first kappa shape index (κ1) is 11.7. The lowest BCUT2D eigenvalue weighted by Gasteiger charge is -2.05. The largest absolute Gasteiger partial charge is 0.213 e. The summed E-state index contributed by atoms with van der Waals surface area (Å²) < 4.78 is 1.79. The number of hydrogen-bond donors (Lipinski definition) is 0. The molecule has 18 heavy (non-hydrogen) atoms. The molecule has 5 heteroatoms. The first-order valence-corrected chi connectivity index (χ1v) is 6.95. The molecule has 1 heterocycles. The number of nitrogens with zero attached hydrogens (tertiary/aromatic N) is 3. The van der Waals surface area contributed by atoms with Gasteiger partial charge in [0.25, 0.3) is 0 Å². The van der Waals surface area contributed by atoms with Crippen molar-refractivity contribution >= 4 is 38.6 Å². The summed E-state index contributed by atoms with van der Waals surface area (Å²) in [5.41, 5.74) is 3.82. The van der Waals surface area contributed by atoms with E-state index in [9.17, 15) is 0 Å². The van der Waals surface area contributed by atoms with E-state index in [1.807, 2.05) is 42.5 Å². The molecule has 0 bridgehead atoms. The summed E-state index contributed by atoms with van der Waals surface area (Å²) in [6, 6.07) is 13.7. The Bertz CT molecular complexity index is 708. The fraction of sp³-hybridized carbons (Fsp3) is 0.0769. The summed E-state index contributed by atoms with van der Waals surface area (Å²) in [6.07, 6.45) is 0. The minimum Gasteiger partial charge on any atom is -0.213 e. The number of alkyl halides is 1. The molecule has 0 unspecified atom stereocenters. The minimum absolute atomic E-state index is 0.726. The fourth-order valence-electron chi connectivity index (χ4n) is 1.84.